The summed E-state index contributed by atoms with van der Waals surface area (Å²) in [6.45, 7) is 8.50. The third-order valence-electron chi connectivity index (χ3n) is 4.62. The predicted molar refractivity (Wildman–Crippen MR) is 118 cm³/mol. The molecule has 1 heteroatoms. The van der Waals surface area contributed by atoms with Crippen molar-refractivity contribution >= 4 is 16.7 Å². The van der Waals surface area contributed by atoms with Crippen LogP contribution < -0.4 is 0 Å². The first-order valence-electron chi connectivity index (χ1n) is 9.27. The molecule has 0 unspecified atom stereocenters. The summed E-state index contributed by atoms with van der Waals surface area (Å²) in [5.74, 6) is 0. The molecule has 1 aromatic rings. The molecule has 3 rings (SSSR count). The van der Waals surface area contributed by atoms with E-state index in [2.05, 4.69) is 80.3 Å². The fraction of sp³-hybridized carbons (Fsp3) is 0.200. The number of allylic oxidation sites excluding steroid dienone is 11. The van der Waals surface area contributed by atoms with Gasteiger partial charge < -0.3 is 0 Å². The predicted octanol–water partition coefficient (Wildman–Crippen LogP) is 7.77. The third kappa shape index (κ3) is 4.11. The van der Waals surface area contributed by atoms with E-state index in [9.17, 15) is 0 Å². The molecule has 0 radical (unpaired) electrons. The minimum absolute atomic E-state index is 1.09. The van der Waals surface area contributed by atoms with Crippen molar-refractivity contribution in [2.45, 2.75) is 33.1 Å². The van der Waals surface area contributed by atoms with Gasteiger partial charge in [0.15, 0.2) is 0 Å². The smallest absolute Gasteiger partial charge is 0.0201 e. The van der Waals surface area contributed by atoms with Gasteiger partial charge in [-0.15, -0.1) is 0 Å². The van der Waals surface area contributed by atoms with Gasteiger partial charge in [0.1, 0.15) is 0 Å². The van der Waals surface area contributed by atoms with E-state index >= 15 is 0 Å². The Morgan fingerprint density at radius 1 is 1.04 bits per heavy atom. The molecule has 1 aromatic carbocycles. The summed E-state index contributed by atoms with van der Waals surface area (Å²) in [7, 11) is 0. The average Bonchev–Trinajstić information content (AvgIpc) is 2.68. The van der Waals surface area contributed by atoms with Crippen LogP contribution in [0.25, 0.3) is 4.91 Å². The van der Waals surface area contributed by atoms with Crippen molar-refractivity contribution in [1.29, 1.82) is 0 Å². The molecule has 0 N–H and O–H groups in total. The minimum Gasteiger partial charge on any atom is -0.0911 e. The zero-order chi connectivity index (χ0) is 18.4. The molecule has 0 saturated carbocycles. The molecule has 0 nitrogen and oxygen atoms in total. The molecular weight excluding hydrogens is 332 g/mol. The van der Waals surface area contributed by atoms with Gasteiger partial charge in [-0.3, -0.25) is 0 Å². The molecule has 1 heterocycles. The summed E-state index contributed by atoms with van der Waals surface area (Å²) < 4.78 is 0. The SMILES string of the molecule is C=C(/C=C\C=C/C)C1=C2CCCC(C=CC)=C2SC(c2ccccc2)=C1. The molecule has 0 amide bonds. The van der Waals surface area contributed by atoms with Gasteiger partial charge >= 0.3 is 0 Å². The number of fused-ring (bicyclic) bond motifs is 1. The van der Waals surface area contributed by atoms with E-state index in [-0.39, 0.29) is 0 Å². The fourth-order valence-electron chi connectivity index (χ4n) is 3.38. The van der Waals surface area contributed by atoms with Gasteiger partial charge in [0, 0.05) is 9.81 Å². The maximum absolute atomic E-state index is 4.37. The first-order chi connectivity index (χ1) is 12.7. The van der Waals surface area contributed by atoms with Crippen LogP contribution in [0.2, 0.25) is 0 Å². The molecule has 1 aliphatic carbocycles. The van der Waals surface area contributed by atoms with Crippen LogP contribution in [0.4, 0.5) is 0 Å². The van der Waals surface area contributed by atoms with Crippen LogP contribution in [0.15, 0.2) is 107 Å². The zero-order valence-electron chi connectivity index (χ0n) is 15.7. The van der Waals surface area contributed by atoms with Crippen LogP contribution in [-0.4, -0.2) is 0 Å². The fourth-order valence-corrected chi connectivity index (χ4v) is 4.67. The van der Waals surface area contributed by atoms with Crippen LogP contribution in [0.3, 0.4) is 0 Å². The van der Waals surface area contributed by atoms with Gasteiger partial charge in [-0.1, -0.05) is 85.1 Å². The molecule has 0 aromatic heterocycles. The van der Waals surface area contributed by atoms with E-state index in [0.29, 0.717) is 0 Å². The second kappa shape index (κ2) is 8.91. The molecule has 1 aliphatic heterocycles. The molecule has 0 bridgehead atoms. The van der Waals surface area contributed by atoms with Crippen LogP contribution in [0, 0.1) is 0 Å². The highest BCUT2D eigenvalue weighted by Gasteiger charge is 2.25. The lowest BCUT2D eigenvalue weighted by Gasteiger charge is -2.28. The van der Waals surface area contributed by atoms with E-state index in [1.807, 2.05) is 24.8 Å². The van der Waals surface area contributed by atoms with Gasteiger partial charge in [-0.2, -0.15) is 0 Å². The van der Waals surface area contributed by atoms with E-state index < -0.39 is 0 Å². The molecule has 132 valence electrons. The van der Waals surface area contributed by atoms with Crippen molar-refractivity contribution in [3.8, 4) is 0 Å². The van der Waals surface area contributed by atoms with Crippen molar-refractivity contribution < 1.29 is 0 Å². The topological polar surface area (TPSA) is 0 Å². The normalized spacial score (nSPS) is 18.2. The van der Waals surface area contributed by atoms with E-state index in [1.165, 1.54) is 38.5 Å². The van der Waals surface area contributed by atoms with Crippen LogP contribution >= 0.6 is 11.8 Å². The van der Waals surface area contributed by atoms with Crippen molar-refractivity contribution in [3.63, 3.8) is 0 Å². The number of rotatable bonds is 5. The van der Waals surface area contributed by atoms with Gasteiger partial charge in [-0.05, 0) is 67.0 Å². The number of hydrogen-bond donors (Lipinski definition) is 0. The van der Waals surface area contributed by atoms with Crippen molar-refractivity contribution in [2.75, 3.05) is 0 Å². The van der Waals surface area contributed by atoms with E-state index in [1.54, 1.807) is 0 Å². The van der Waals surface area contributed by atoms with Crippen molar-refractivity contribution in [3.05, 3.63) is 112 Å². The molecule has 0 fully saturated rings. The first-order valence-corrected chi connectivity index (χ1v) is 10.1. The Labute approximate surface area is 162 Å². The molecular formula is C25H26S. The van der Waals surface area contributed by atoms with Crippen LogP contribution in [0.1, 0.15) is 38.7 Å². The second-order valence-electron chi connectivity index (χ2n) is 6.49. The quantitative estimate of drug-likeness (QED) is 0.484. The Bertz CT molecular complexity index is 855. The lowest BCUT2D eigenvalue weighted by Crippen LogP contribution is -2.07. The summed E-state index contributed by atoms with van der Waals surface area (Å²) in [5.41, 5.74) is 6.58. The number of thioether (sulfide) groups is 1. The third-order valence-corrected chi connectivity index (χ3v) is 5.91. The highest BCUT2D eigenvalue weighted by atomic mass is 32.2. The Morgan fingerprint density at radius 3 is 2.58 bits per heavy atom. The van der Waals surface area contributed by atoms with Gasteiger partial charge in [0.2, 0.25) is 0 Å². The van der Waals surface area contributed by atoms with Gasteiger partial charge in [0.25, 0.3) is 0 Å². The molecule has 0 spiro atoms. The minimum atomic E-state index is 1.09. The second-order valence-corrected chi connectivity index (χ2v) is 7.54. The molecule has 0 saturated heterocycles. The molecule has 26 heavy (non-hydrogen) atoms. The monoisotopic (exact) mass is 358 g/mol. The summed E-state index contributed by atoms with van der Waals surface area (Å²) in [6, 6.07) is 10.7. The summed E-state index contributed by atoms with van der Waals surface area (Å²) in [5, 5.41) is 0. The van der Waals surface area contributed by atoms with Crippen LogP contribution in [0.5, 0.6) is 0 Å². The molecule has 0 atom stereocenters. The number of benzene rings is 1. The van der Waals surface area contributed by atoms with Crippen LogP contribution in [-0.2, 0) is 0 Å². The summed E-state index contributed by atoms with van der Waals surface area (Å²) in [4.78, 5) is 2.75. The lowest BCUT2D eigenvalue weighted by molar-refractivity contribution is 0.789. The maximum Gasteiger partial charge on any atom is 0.0201 e. The Hall–Kier alpha value is -2.25. The highest BCUT2D eigenvalue weighted by Crippen LogP contribution is 2.50. The number of hydrogen-bond acceptors (Lipinski definition) is 1. The molecule has 2 aliphatic rings. The van der Waals surface area contributed by atoms with E-state index in [0.717, 1.165) is 18.4 Å². The van der Waals surface area contributed by atoms with E-state index in [4.69, 9.17) is 0 Å². The average molecular weight is 359 g/mol. The Kier molecular flexibility index (Phi) is 6.35. The summed E-state index contributed by atoms with van der Waals surface area (Å²) >= 11 is 1.92. The summed E-state index contributed by atoms with van der Waals surface area (Å²) in [6.07, 6.45) is 18.6. The zero-order valence-corrected chi connectivity index (χ0v) is 16.5. The van der Waals surface area contributed by atoms with Crippen molar-refractivity contribution in [2.24, 2.45) is 0 Å². The Balaban J connectivity index is 2.13. The standard InChI is InChI=1S/C25H26S/c1-4-6-8-13-19(3)23-18-24(20-14-9-7-10-15-20)26-25-21(12-5-2)16-11-17-22(23)25/h4-10,12-15,18H,3,11,16-17H2,1-2H3/b6-4-,12-5?,13-8-. The maximum atomic E-state index is 4.37. The Morgan fingerprint density at radius 2 is 1.85 bits per heavy atom. The van der Waals surface area contributed by atoms with Gasteiger partial charge in [0.05, 0.1) is 0 Å². The highest BCUT2D eigenvalue weighted by molar-refractivity contribution is 8.12. The lowest BCUT2D eigenvalue weighted by atomic mass is 9.88. The van der Waals surface area contributed by atoms with Gasteiger partial charge in [-0.25, -0.2) is 0 Å². The first kappa shape index (κ1) is 18.5. The van der Waals surface area contributed by atoms with Crippen molar-refractivity contribution in [1.82, 2.24) is 0 Å². The largest absolute Gasteiger partial charge is 0.0911 e.